The largest absolute Gasteiger partial charge is 0.377 e. The Kier molecular flexibility index (Phi) is 5.61. The number of nitro groups is 1. The van der Waals surface area contributed by atoms with Crippen LogP contribution in [0, 0.1) is 10.1 Å². The van der Waals surface area contributed by atoms with Gasteiger partial charge in [-0.25, -0.2) is 0 Å². The highest BCUT2D eigenvalue weighted by molar-refractivity contribution is 6.10. The van der Waals surface area contributed by atoms with Crippen molar-refractivity contribution < 1.29 is 14.5 Å². The third kappa shape index (κ3) is 4.87. The Morgan fingerprint density at radius 2 is 1.35 bits per heavy atom. The molecule has 1 fully saturated rings. The van der Waals surface area contributed by atoms with E-state index in [1.165, 1.54) is 12.1 Å². The first-order valence-electron chi connectivity index (χ1n) is 9.83. The molecule has 1 aliphatic rings. The first-order chi connectivity index (χ1) is 15.0. The number of nitrogens with one attached hydrogen (secondary N) is 3. The number of nitro benzene ring substituents is 1. The second-order valence-corrected chi connectivity index (χ2v) is 7.23. The van der Waals surface area contributed by atoms with Gasteiger partial charge >= 0.3 is 0 Å². The van der Waals surface area contributed by atoms with Crippen LogP contribution in [-0.4, -0.2) is 22.8 Å². The van der Waals surface area contributed by atoms with Gasteiger partial charge in [0.1, 0.15) is 5.69 Å². The maximum Gasteiger partial charge on any atom is 0.293 e. The topological polar surface area (TPSA) is 113 Å². The molecule has 0 aromatic heterocycles. The van der Waals surface area contributed by atoms with Gasteiger partial charge in [0, 0.05) is 23.2 Å². The van der Waals surface area contributed by atoms with Gasteiger partial charge in [0.25, 0.3) is 17.5 Å². The SMILES string of the molecule is O=C(Nc1ccccc1NC(=O)c1ccc(NC2CC2)c([N+](=O)[O-])c1)c1ccccc1. The van der Waals surface area contributed by atoms with Crippen molar-refractivity contribution in [3.63, 3.8) is 0 Å². The lowest BCUT2D eigenvalue weighted by Gasteiger charge is -2.13. The fourth-order valence-corrected chi connectivity index (χ4v) is 3.07. The Morgan fingerprint density at radius 1 is 0.774 bits per heavy atom. The van der Waals surface area contributed by atoms with Gasteiger partial charge in [0.2, 0.25) is 0 Å². The van der Waals surface area contributed by atoms with Gasteiger partial charge in [-0.15, -0.1) is 0 Å². The number of hydrogen-bond acceptors (Lipinski definition) is 5. The lowest BCUT2D eigenvalue weighted by molar-refractivity contribution is -0.384. The van der Waals surface area contributed by atoms with Gasteiger partial charge in [0.15, 0.2) is 0 Å². The number of carbonyl (C=O) groups is 2. The standard InChI is InChI=1S/C23H20N4O4/c28-22(15-6-2-1-3-7-15)25-18-8-4-5-9-19(18)26-23(29)16-10-13-20(24-17-11-12-17)21(14-16)27(30)31/h1-10,13-14,17,24H,11-12H2,(H,25,28)(H,26,29). The summed E-state index contributed by atoms with van der Waals surface area (Å²) in [6.07, 6.45) is 1.95. The fraction of sp³-hybridized carbons (Fsp3) is 0.130. The number of nitrogens with zero attached hydrogens (tertiary/aromatic N) is 1. The van der Waals surface area contributed by atoms with Gasteiger partial charge in [-0.05, 0) is 49.2 Å². The van der Waals surface area contributed by atoms with E-state index in [0.29, 0.717) is 22.6 Å². The minimum atomic E-state index is -0.512. The zero-order chi connectivity index (χ0) is 21.8. The first-order valence-corrected chi connectivity index (χ1v) is 9.83. The molecule has 0 spiro atoms. The van der Waals surface area contributed by atoms with Crippen molar-refractivity contribution in [1.29, 1.82) is 0 Å². The van der Waals surface area contributed by atoms with E-state index < -0.39 is 10.8 Å². The summed E-state index contributed by atoms with van der Waals surface area (Å²) < 4.78 is 0. The highest BCUT2D eigenvalue weighted by Gasteiger charge is 2.25. The van der Waals surface area contributed by atoms with E-state index in [-0.39, 0.29) is 23.2 Å². The summed E-state index contributed by atoms with van der Waals surface area (Å²) in [4.78, 5) is 36.2. The number of rotatable bonds is 7. The molecule has 0 unspecified atom stereocenters. The van der Waals surface area contributed by atoms with Gasteiger partial charge in [-0.1, -0.05) is 30.3 Å². The van der Waals surface area contributed by atoms with E-state index in [1.54, 1.807) is 54.6 Å². The molecular weight excluding hydrogens is 396 g/mol. The Morgan fingerprint density at radius 3 is 1.94 bits per heavy atom. The summed E-state index contributed by atoms with van der Waals surface area (Å²) in [6.45, 7) is 0. The zero-order valence-electron chi connectivity index (χ0n) is 16.5. The molecule has 3 aromatic carbocycles. The Hall–Kier alpha value is -4.20. The molecule has 0 bridgehead atoms. The van der Waals surface area contributed by atoms with Crippen molar-refractivity contribution in [3.8, 4) is 0 Å². The molecule has 0 heterocycles. The van der Waals surface area contributed by atoms with Crippen LogP contribution in [0.4, 0.5) is 22.7 Å². The van der Waals surface area contributed by atoms with Crippen LogP contribution in [0.3, 0.4) is 0 Å². The van der Waals surface area contributed by atoms with Crippen LogP contribution in [0.1, 0.15) is 33.6 Å². The van der Waals surface area contributed by atoms with Crippen molar-refractivity contribution in [2.75, 3.05) is 16.0 Å². The van der Waals surface area contributed by atoms with E-state index in [9.17, 15) is 19.7 Å². The van der Waals surface area contributed by atoms with Gasteiger partial charge in [0.05, 0.1) is 16.3 Å². The van der Waals surface area contributed by atoms with Crippen LogP contribution in [-0.2, 0) is 0 Å². The van der Waals surface area contributed by atoms with E-state index >= 15 is 0 Å². The summed E-state index contributed by atoms with van der Waals surface area (Å²) >= 11 is 0. The third-order valence-electron chi connectivity index (χ3n) is 4.85. The summed E-state index contributed by atoms with van der Waals surface area (Å²) in [6, 6.07) is 20.1. The van der Waals surface area contributed by atoms with Crippen molar-refractivity contribution in [1.82, 2.24) is 0 Å². The molecule has 0 atom stereocenters. The molecule has 1 saturated carbocycles. The smallest absolute Gasteiger partial charge is 0.293 e. The first kappa shape index (κ1) is 20.1. The molecular formula is C23H20N4O4. The summed E-state index contributed by atoms with van der Waals surface area (Å²) in [7, 11) is 0. The monoisotopic (exact) mass is 416 g/mol. The molecule has 1 aliphatic carbocycles. The Labute approximate surface area is 178 Å². The van der Waals surface area contributed by atoms with Crippen molar-refractivity contribution in [3.05, 3.63) is 94.0 Å². The summed E-state index contributed by atoms with van der Waals surface area (Å²) in [5.41, 5.74) is 1.70. The number of anilines is 3. The van der Waals surface area contributed by atoms with Crippen LogP contribution in [0.15, 0.2) is 72.8 Å². The van der Waals surface area contributed by atoms with Crippen LogP contribution in [0.25, 0.3) is 0 Å². The average Bonchev–Trinajstić information content (AvgIpc) is 3.60. The second-order valence-electron chi connectivity index (χ2n) is 7.23. The number of benzene rings is 3. The highest BCUT2D eigenvalue weighted by atomic mass is 16.6. The Bertz CT molecular complexity index is 1140. The molecule has 2 amide bonds. The predicted octanol–water partition coefficient (Wildman–Crippen LogP) is 4.67. The normalized spacial score (nSPS) is 12.6. The molecule has 0 aliphatic heterocycles. The maximum atomic E-state index is 12.8. The lowest BCUT2D eigenvalue weighted by Crippen LogP contribution is -2.17. The van der Waals surface area contributed by atoms with Crippen LogP contribution in [0.2, 0.25) is 0 Å². The van der Waals surface area contributed by atoms with Crippen LogP contribution >= 0.6 is 0 Å². The minimum Gasteiger partial charge on any atom is -0.377 e. The molecule has 0 saturated heterocycles. The molecule has 8 nitrogen and oxygen atoms in total. The Balaban J connectivity index is 1.53. The van der Waals surface area contributed by atoms with Gasteiger partial charge < -0.3 is 16.0 Å². The van der Waals surface area contributed by atoms with E-state index in [2.05, 4.69) is 16.0 Å². The van der Waals surface area contributed by atoms with E-state index in [4.69, 9.17) is 0 Å². The molecule has 3 aromatic rings. The quantitative estimate of drug-likeness (QED) is 0.382. The van der Waals surface area contributed by atoms with Crippen molar-refractivity contribution in [2.45, 2.75) is 18.9 Å². The average molecular weight is 416 g/mol. The third-order valence-corrected chi connectivity index (χ3v) is 4.85. The zero-order valence-corrected chi connectivity index (χ0v) is 16.5. The minimum absolute atomic E-state index is 0.148. The maximum absolute atomic E-state index is 12.8. The molecule has 3 N–H and O–H groups in total. The lowest BCUT2D eigenvalue weighted by atomic mass is 10.1. The van der Waals surface area contributed by atoms with Crippen LogP contribution in [0.5, 0.6) is 0 Å². The number of amides is 2. The fourth-order valence-electron chi connectivity index (χ4n) is 3.07. The summed E-state index contributed by atoms with van der Waals surface area (Å²) in [5, 5.41) is 20.1. The molecule has 8 heteroatoms. The van der Waals surface area contributed by atoms with Crippen molar-refractivity contribution >= 4 is 34.6 Å². The number of hydrogen-bond donors (Lipinski definition) is 3. The molecule has 31 heavy (non-hydrogen) atoms. The van der Waals surface area contributed by atoms with Gasteiger partial charge in [-0.2, -0.15) is 0 Å². The van der Waals surface area contributed by atoms with Crippen molar-refractivity contribution in [2.24, 2.45) is 0 Å². The number of para-hydroxylation sites is 2. The molecule has 156 valence electrons. The van der Waals surface area contributed by atoms with Gasteiger partial charge in [-0.3, -0.25) is 19.7 Å². The van der Waals surface area contributed by atoms with E-state index in [1.807, 2.05) is 6.07 Å². The number of carbonyl (C=O) groups excluding carboxylic acids is 2. The predicted molar refractivity (Wildman–Crippen MR) is 119 cm³/mol. The molecule has 4 rings (SSSR count). The second kappa shape index (κ2) is 8.66. The van der Waals surface area contributed by atoms with E-state index in [0.717, 1.165) is 12.8 Å². The summed E-state index contributed by atoms with van der Waals surface area (Å²) in [5.74, 6) is -0.823. The van der Waals surface area contributed by atoms with Crippen LogP contribution < -0.4 is 16.0 Å². The molecule has 0 radical (unpaired) electrons. The highest BCUT2D eigenvalue weighted by Crippen LogP contribution is 2.32.